The van der Waals surface area contributed by atoms with Crippen molar-refractivity contribution in [3.8, 4) is 0 Å². The van der Waals surface area contributed by atoms with E-state index in [2.05, 4.69) is 12.1 Å². The van der Waals surface area contributed by atoms with Crippen LogP contribution in [0.3, 0.4) is 0 Å². The summed E-state index contributed by atoms with van der Waals surface area (Å²) in [7, 11) is 0. The predicted molar refractivity (Wildman–Crippen MR) is 43.4 cm³/mol. The number of benzene rings is 1. The molecule has 0 aromatic heterocycles. The Morgan fingerprint density at radius 1 is 1.20 bits per heavy atom. The highest BCUT2D eigenvalue weighted by Crippen LogP contribution is 2.42. The summed E-state index contributed by atoms with van der Waals surface area (Å²) in [6, 6.07) is 8.13. The number of rotatable bonds is 1. The molecule has 0 spiro atoms. The molecule has 0 bridgehead atoms. The van der Waals surface area contributed by atoms with Crippen molar-refractivity contribution in [1.29, 1.82) is 0 Å². The molecule has 0 amide bonds. The molecule has 2 rings (SSSR count). The second kappa shape index (κ2) is 2.28. The van der Waals surface area contributed by atoms with Crippen LogP contribution >= 0.6 is 11.6 Å². The van der Waals surface area contributed by atoms with E-state index >= 15 is 0 Å². The fourth-order valence-corrected chi connectivity index (χ4v) is 1.49. The first-order valence-electron chi connectivity index (χ1n) is 3.62. The van der Waals surface area contributed by atoms with Crippen LogP contribution in [0.25, 0.3) is 0 Å². The van der Waals surface area contributed by atoms with Gasteiger partial charge in [0, 0.05) is 5.02 Å². The maximum atomic E-state index is 5.96. The molecular weight excluding hydrogens is 144 g/mol. The zero-order chi connectivity index (χ0) is 6.97. The van der Waals surface area contributed by atoms with Crippen molar-refractivity contribution in [3.05, 3.63) is 34.9 Å². The van der Waals surface area contributed by atoms with Crippen molar-refractivity contribution >= 4 is 11.6 Å². The lowest BCUT2D eigenvalue weighted by Crippen LogP contribution is -1.78. The minimum atomic E-state index is 0.772. The van der Waals surface area contributed by atoms with Crippen LogP contribution in [0.15, 0.2) is 24.3 Å². The van der Waals surface area contributed by atoms with Gasteiger partial charge in [0.2, 0.25) is 0 Å². The van der Waals surface area contributed by atoms with Crippen LogP contribution in [0.5, 0.6) is 0 Å². The van der Waals surface area contributed by atoms with E-state index in [0.717, 1.165) is 10.9 Å². The van der Waals surface area contributed by atoms with Crippen LogP contribution < -0.4 is 0 Å². The third-order valence-corrected chi connectivity index (χ3v) is 2.27. The van der Waals surface area contributed by atoms with Gasteiger partial charge >= 0.3 is 0 Å². The molecular formula is C9H9Cl. The van der Waals surface area contributed by atoms with Gasteiger partial charge in [0.1, 0.15) is 0 Å². The fraction of sp³-hybridized carbons (Fsp3) is 0.333. The molecule has 1 aromatic rings. The van der Waals surface area contributed by atoms with Crippen LogP contribution in [0, 0.1) is 0 Å². The van der Waals surface area contributed by atoms with E-state index in [1.165, 1.54) is 18.4 Å². The van der Waals surface area contributed by atoms with Crippen LogP contribution in [0.4, 0.5) is 0 Å². The molecule has 1 saturated carbocycles. The second-order valence-corrected chi connectivity index (χ2v) is 3.20. The van der Waals surface area contributed by atoms with E-state index in [-0.39, 0.29) is 0 Å². The van der Waals surface area contributed by atoms with E-state index in [4.69, 9.17) is 11.6 Å². The molecule has 0 unspecified atom stereocenters. The van der Waals surface area contributed by atoms with Crippen molar-refractivity contribution in [3.63, 3.8) is 0 Å². The summed E-state index contributed by atoms with van der Waals surface area (Å²) in [6.07, 6.45) is 2.65. The van der Waals surface area contributed by atoms with Crippen LogP contribution in [-0.2, 0) is 0 Å². The van der Waals surface area contributed by atoms with E-state index < -0.39 is 0 Å². The minimum Gasteiger partial charge on any atom is -0.0840 e. The molecule has 0 N–H and O–H groups in total. The molecule has 1 heteroatoms. The Kier molecular flexibility index (Phi) is 1.42. The molecule has 0 saturated heterocycles. The molecule has 0 radical (unpaired) electrons. The summed E-state index contributed by atoms with van der Waals surface area (Å²) in [5.74, 6) is 0.772. The average Bonchev–Trinajstić information content (AvgIpc) is 2.71. The molecule has 1 aliphatic carbocycles. The lowest BCUT2D eigenvalue weighted by molar-refractivity contribution is 1.13. The highest BCUT2D eigenvalue weighted by atomic mass is 35.5. The Hall–Kier alpha value is -0.490. The SMILES string of the molecule is Clc1ccccc1C1CC1. The predicted octanol–water partition coefficient (Wildman–Crippen LogP) is 3.22. The summed E-state index contributed by atoms with van der Waals surface area (Å²) < 4.78 is 0. The van der Waals surface area contributed by atoms with Gasteiger partial charge in [-0.05, 0) is 30.4 Å². The van der Waals surface area contributed by atoms with Gasteiger partial charge in [-0.25, -0.2) is 0 Å². The molecule has 0 aliphatic heterocycles. The van der Waals surface area contributed by atoms with E-state index in [9.17, 15) is 0 Å². The highest BCUT2D eigenvalue weighted by molar-refractivity contribution is 6.31. The zero-order valence-corrected chi connectivity index (χ0v) is 6.43. The smallest absolute Gasteiger partial charge is 0.0440 e. The molecule has 0 nitrogen and oxygen atoms in total. The van der Waals surface area contributed by atoms with Gasteiger partial charge in [-0.15, -0.1) is 0 Å². The average molecular weight is 153 g/mol. The Bertz CT molecular complexity index is 238. The van der Waals surface area contributed by atoms with E-state index in [1.807, 2.05) is 12.1 Å². The van der Waals surface area contributed by atoms with Gasteiger partial charge in [-0.1, -0.05) is 29.8 Å². The van der Waals surface area contributed by atoms with Crippen molar-refractivity contribution in [1.82, 2.24) is 0 Å². The third-order valence-electron chi connectivity index (χ3n) is 1.92. The Morgan fingerprint density at radius 3 is 2.50 bits per heavy atom. The van der Waals surface area contributed by atoms with Gasteiger partial charge in [0.05, 0.1) is 0 Å². The van der Waals surface area contributed by atoms with Gasteiger partial charge in [-0.2, -0.15) is 0 Å². The molecule has 1 aromatic carbocycles. The summed E-state index contributed by atoms with van der Waals surface area (Å²) in [5, 5.41) is 0.935. The van der Waals surface area contributed by atoms with Crippen molar-refractivity contribution in [2.75, 3.05) is 0 Å². The lowest BCUT2D eigenvalue weighted by atomic mass is 10.1. The zero-order valence-electron chi connectivity index (χ0n) is 5.68. The maximum absolute atomic E-state index is 5.96. The Labute approximate surface area is 65.8 Å². The summed E-state index contributed by atoms with van der Waals surface area (Å²) in [6.45, 7) is 0. The topological polar surface area (TPSA) is 0 Å². The molecule has 1 fully saturated rings. The van der Waals surface area contributed by atoms with Gasteiger partial charge in [0.25, 0.3) is 0 Å². The quantitative estimate of drug-likeness (QED) is 0.580. The molecule has 10 heavy (non-hydrogen) atoms. The molecule has 52 valence electrons. The first-order valence-corrected chi connectivity index (χ1v) is 4.00. The van der Waals surface area contributed by atoms with Gasteiger partial charge < -0.3 is 0 Å². The van der Waals surface area contributed by atoms with Crippen molar-refractivity contribution in [2.24, 2.45) is 0 Å². The number of halogens is 1. The fourth-order valence-electron chi connectivity index (χ4n) is 1.20. The Morgan fingerprint density at radius 2 is 1.90 bits per heavy atom. The van der Waals surface area contributed by atoms with Crippen LogP contribution in [-0.4, -0.2) is 0 Å². The molecule has 0 atom stereocenters. The van der Waals surface area contributed by atoms with E-state index in [0.29, 0.717) is 0 Å². The van der Waals surface area contributed by atoms with Crippen LogP contribution in [0.2, 0.25) is 5.02 Å². The second-order valence-electron chi connectivity index (χ2n) is 2.80. The van der Waals surface area contributed by atoms with Crippen molar-refractivity contribution in [2.45, 2.75) is 18.8 Å². The van der Waals surface area contributed by atoms with Crippen molar-refractivity contribution < 1.29 is 0 Å². The van der Waals surface area contributed by atoms with E-state index in [1.54, 1.807) is 0 Å². The first-order chi connectivity index (χ1) is 4.88. The summed E-state index contributed by atoms with van der Waals surface area (Å²) >= 11 is 5.96. The first kappa shape index (κ1) is 6.23. The monoisotopic (exact) mass is 152 g/mol. The van der Waals surface area contributed by atoms with Crippen LogP contribution in [0.1, 0.15) is 24.3 Å². The largest absolute Gasteiger partial charge is 0.0840 e. The lowest BCUT2D eigenvalue weighted by Gasteiger charge is -1.98. The standard InChI is InChI=1S/C9H9Cl/c10-9-4-2-1-3-8(9)7-5-6-7/h1-4,7H,5-6H2. The summed E-state index contributed by atoms with van der Waals surface area (Å²) in [4.78, 5) is 0. The third kappa shape index (κ3) is 1.04. The van der Waals surface area contributed by atoms with Gasteiger partial charge in [-0.3, -0.25) is 0 Å². The minimum absolute atomic E-state index is 0.772. The Balaban J connectivity index is 2.39. The molecule has 1 aliphatic rings. The maximum Gasteiger partial charge on any atom is 0.0440 e. The van der Waals surface area contributed by atoms with Gasteiger partial charge in [0.15, 0.2) is 0 Å². The number of hydrogen-bond acceptors (Lipinski definition) is 0. The number of hydrogen-bond donors (Lipinski definition) is 0. The normalized spacial score (nSPS) is 17.3. The summed E-state index contributed by atoms with van der Waals surface area (Å²) in [5.41, 5.74) is 1.34. The molecule has 0 heterocycles. The highest BCUT2D eigenvalue weighted by Gasteiger charge is 2.24.